The standard InChI is InChI=1S/C49H25Br2Cl12F5N8/c1-22-12-14-36(27(51)16-22)69-72(37-11-3-2-8-26(37)50)76(49-34(60)18-24(53)19-35(49)61)74(39-21-32(58)31(57)20-33(39)59)73(38-15-13-28(54)40(62)41(38)63)75(48-29(55)9-5-10-30(48)56)71(25-7-4-6-23(52)17-25)70-47-45(67)43(65)42(64)44(66)46(47)68/h2-21,69-70H,1H3. The van der Waals surface area contributed by atoms with E-state index in [2.05, 4.69) is 42.7 Å². The Hall–Kier alpha value is -3.75. The SMILES string of the molecule is Cc1ccc(NN(c2ccccc2Br)N(c2c(Cl)cc(Cl)cc2Cl)N(c2cc(Cl)c(Cl)cc2Cl)N(c2ccc(Cl)c(Cl)c2Cl)N(c2c(Cl)cccc2Cl)N(Nc2c(F)c(F)c(F)c(F)c2F)c2cccc(Cl)c2)c(Br)c1. The topological polar surface area (TPSA) is 43.5 Å². The summed E-state index contributed by atoms with van der Waals surface area (Å²) in [5.41, 5.74) is 4.48. The normalized spacial score (nSPS) is 11.2. The van der Waals surface area contributed by atoms with Crippen LogP contribution in [0.3, 0.4) is 0 Å². The lowest BCUT2D eigenvalue weighted by Gasteiger charge is -2.55. The minimum atomic E-state index is -2.46. The van der Waals surface area contributed by atoms with Crippen LogP contribution < -0.4 is 41.6 Å². The number of halogens is 19. The number of para-hydroxylation sites is 2. The van der Waals surface area contributed by atoms with Crippen LogP contribution in [0, 0.1) is 36.0 Å². The Bertz CT molecular complexity index is 3510. The first-order valence-corrected chi connectivity index (χ1v) is 27.1. The van der Waals surface area contributed by atoms with Crippen molar-refractivity contribution in [2.24, 2.45) is 0 Å². The zero-order valence-electron chi connectivity index (χ0n) is 37.4. The van der Waals surface area contributed by atoms with E-state index in [4.69, 9.17) is 139 Å². The first-order valence-electron chi connectivity index (χ1n) is 21.0. The summed E-state index contributed by atoms with van der Waals surface area (Å²) in [5, 5.41) is 4.67. The molecule has 0 fully saturated rings. The number of benzene rings is 8. The van der Waals surface area contributed by atoms with E-state index >= 15 is 17.6 Å². The molecule has 394 valence electrons. The Labute approximate surface area is 507 Å². The van der Waals surface area contributed by atoms with E-state index in [1.807, 2.05) is 19.1 Å². The van der Waals surface area contributed by atoms with E-state index in [-0.39, 0.29) is 94.4 Å². The lowest BCUT2D eigenvalue weighted by atomic mass is 10.2. The summed E-state index contributed by atoms with van der Waals surface area (Å²) in [4.78, 5) is 0. The van der Waals surface area contributed by atoms with E-state index < -0.39 is 34.8 Å². The van der Waals surface area contributed by atoms with Crippen molar-refractivity contribution in [1.29, 1.82) is 0 Å². The molecule has 0 bridgehead atoms. The first-order chi connectivity index (χ1) is 36.0. The Kier molecular flexibility index (Phi) is 18.7. The van der Waals surface area contributed by atoms with E-state index in [0.717, 1.165) is 20.9 Å². The van der Waals surface area contributed by atoms with Crippen molar-refractivity contribution in [2.45, 2.75) is 6.92 Å². The largest absolute Gasteiger partial charge is 0.277 e. The molecule has 27 heteroatoms. The second kappa shape index (κ2) is 24.3. The van der Waals surface area contributed by atoms with Gasteiger partial charge in [-0.3, -0.25) is 10.9 Å². The Morgan fingerprint density at radius 2 is 0.947 bits per heavy atom. The van der Waals surface area contributed by atoms with Crippen molar-refractivity contribution in [3.8, 4) is 0 Å². The number of anilines is 8. The van der Waals surface area contributed by atoms with Crippen LogP contribution in [0.25, 0.3) is 0 Å². The maximum absolute atomic E-state index is 16.4. The lowest BCUT2D eigenvalue weighted by Crippen LogP contribution is -2.71. The molecule has 0 aromatic heterocycles. The van der Waals surface area contributed by atoms with Gasteiger partial charge >= 0.3 is 0 Å². The monoisotopic (exact) mass is 1400 g/mol. The van der Waals surface area contributed by atoms with Gasteiger partial charge in [-0.2, -0.15) is 10.2 Å². The van der Waals surface area contributed by atoms with Crippen LogP contribution in [0.4, 0.5) is 67.5 Å². The average molecular weight is 1410 g/mol. The van der Waals surface area contributed by atoms with E-state index in [1.165, 1.54) is 94.2 Å². The highest BCUT2D eigenvalue weighted by Gasteiger charge is 2.44. The summed E-state index contributed by atoms with van der Waals surface area (Å²) in [6.45, 7) is 1.87. The molecular weight excluding hydrogens is 1380 g/mol. The van der Waals surface area contributed by atoms with Gasteiger partial charge in [-0.05, 0) is 135 Å². The Morgan fingerprint density at radius 1 is 0.382 bits per heavy atom. The van der Waals surface area contributed by atoms with Crippen LogP contribution >= 0.6 is 171 Å². The predicted octanol–water partition coefficient (Wildman–Crippen LogP) is 22.0. The van der Waals surface area contributed by atoms with Crippen LogP contribution in [-0.2, 0) is 0 Å². The van der Waals surface area contributed by atoms with Gasteiger partial charge in [0.15, 0.2) is 23.3 Å². The number of nitrogens with zero attached hydrogens (tertiary/aromatic N) is 6. The van der Waals surface area contributed by atoms with Crippen LogP contribution in [0.1, 0.15) is 5.56 Å². The molecule has 8 aromatic rings. The summed E-state index contributed by atoms with van der Waals surface area (Å²) in [5.74, 6) is -11.7. The summed E-state index contributed by atoms with van der Waals surface area (Å²) >= 11 is 92.0. The minimum Gasteiger partial charge on any atom is -0.277 e. The first kappa shape index (κ1) is 58.4. The van der Waals surface area contributed by atoms with Crippen molar-refractivity contribution < 1.29 is 22.0 Å². The molecule has 8 rings (SSSR count). The number of rotatable bonds is 15. The quantitative estimate of drug-likeness (QED) is 0.0456. The third kappa shape index (κ3) is 11.8. The molecule has 76 heavy (non-hydrogen) atoms. The summed E-state index contributed by atoms with van der Waals surface area (Å²) in [6, 6.07) is 29.7. The fourth-order valence-corrected chi connectivity index (χ4v) is 11.1. The number of nitrogens with one attached hydrogen (secondary N) is 2. The Morgan fingerprint density at radius 3 is 1.57 bits per heavy atom. The molecule has 0 saturated carbocycles. The predicted molar refractivity (Wildman–Crippen MR) is 314 cm³/mol. The lowest BCUT2D eigenvalue weighted by molar-refractivity contribution is 0.381. The second-order valence-electron chi connectivity index (χ2n) is 15.6. The van der Waals surface area contributed by atoms with Crippen molar-refractivity contribution in [1.82, 2.24) is 0 Å². The fraction of sp³-hybridized carbons (Fsp3) is 0.0204. The van der Waals surface area contributed by atoms with Crippen LogP contribution in [0.15, 0.2) is 130 Å². The highest BCUT2D eigenvalue weighted by molar-refractivity contribution is 9.11. The van der Waals surface area contributed by atoms with E-state index in [9.17, 15) is 4.39 Å². The molecule has 0 aliphatic rings. The van der Waals surface area contributed by atoms with Gasteiger partial charge in [0.1, 0.15) is 28.4 Å². The summed E-state index contributed by atoms with van der Waals surface area (Å²) in [7, 11) is 0. The Balaban J connectivity index is 1.66. The van der Waals surface area contributed by atoms with Gasteiger partial charge in [-0.15, -0.1) is 20.5 Å². The van der Waals surface area contributed by atoms with Gasteiger partial charge in [0.05, 0.1) is 67.3 Å². The van der Waals surface area contributed by atoms with Gasteiger partial charge in [-0.1, -0.05) is 170 Å². The highest BCUT2D eigenvalue weighted by Crippen LogP contribution is 2.50. The minimum absolute atomic E-state index is 0.0234. The van der Waals surface area contributed by atoms with Crippen molar-refractivity contribution >= 4 is 217 Å². The van der Waals surface area contributed by atoms with Crippen LogP contribution in [-0.4, -0.2) is 0 Å². The zero-order chi connectivity index (χ0) is 55.2. The zero-order valence-corrected chi connectivity index (χ0v) is 49.7. The second-order valence-corrected chi connectivity index (χ2v) is 22.2. The fourth-order valence-electron chi connectivity index (χ4n) is 7.16. The third-order valence-electron chi connectivity index (χ3n) is 10.6. The number of hydrogen-bond acceptors (Lipinski definition) is 8. The van der Waals surface area contributed by atoms with Crippen molar-refractivity contribution in [3.63, 3.8) is 0 Å². The molecule has 0 aliphatic carbocycles. The van der Waals surface area contributed by atoms with E-state index in [1.54, 1.807) is 30.3 Å². The van der Waals surface area contributed by atoms with Gasteiger partial charge in [0, 0.05) is 19.0 Å². The summed E-state index contributed by atoms with van der Waals surface area (Å²) < 4.78 is 79.5. The van der Waals surface area contributed by atoms with Crippen LogP contribution in [0.5, 0.6) is 0 Å². The number of hydrazine groups is 7. The third-order valence-corrected chi connectivity index (χ3v) is 15.9. The molecular formula is C49H25Br2Cl12F5N8. The van der Waals surface area contributed by atoms with Crippen molar-refractivity contribution in [3.05, 3.63) is 225 Å². The molecule has 0 heterocycles. The van der Waals surface area contributed by atoms with Gasteiger partial charge in [0.25, 0.3) is 0 Å². The molecule has 8 nitrogen and oxygen atoms in total. The molecule has 0 spiro atoms. The summed E-state index contributed by atoms with van der Waals surface area (Å²) in [6.07, 6.45) is 0. The number of hydrogen-bond donors (Lipinski definition) is 2. The molecule has 0 amide bonds. The average Bonchev–Trinajstić information content (AvgIpc) is 3.38. The molecule has 8 aromatic carbocycles. The van der Waals surface area contributed by atoms with Crippen molar-refractivity contribution in [2.75, 3.05) is 41.6 Å². The molecule has 0 unspecified atom stereocenters. The van der Waals surface area contributed by atoms with Gasteiger partial charge in [-0.25, -0.2) is 22.0 Å². The maximum Gasteiger partial charge on any atom is 0.200 e. The molecule has 2 N–H and O–H groups in total. The highest BCUT2D eigenvalue weighted by atomic mass is 79.9. The van der Waals surface area contributed by atoms with Gasteiger partial charge < -0.3 is 0 Å². The van der Waals surface area contributed by atoms with Crippen LogP contribution in [0.2, 0.25) is 60.3 Å². The van der Waals surface area contributed by atoms with E-state index in [0.29, 0.717) is 14.6 Å². The maximum atomic E-state index is 16.4. The van der Waals surface area contributed by atoms with Gasteiger partial charge in [0.2, 0.25) is 5.82 Å². The number of aryl methyl sites for hydroxylation is 1. The molecule has 0 aliphatic heterocycles. The molecule has 0 saturated heterocycles. The smallest absolute Gasteiger partial charge is 0.200 e. The molecule has 0 atom stereocenters. The molecule has 0 radical (unpaired) electrons.